The Morgan fingerprint density at radius 1 is 1.07 bits per heavy atom. The highest BCUT2D eigenvalue weighted by molar-refractivity contribution is 5.80. The van der Waals surface area contributed by atoms with Gasteiger partial charge in [0.05, 0.1) is 17.7 Å². The minimum Gasteiger partial charge on any atom is -0.390 e. The Balaban J connectivity index is 1.30. The first-order valence-corrected chi connectivity index (χ1v) is 10.4. The number of pyridine rings is 1. The maximum Gasteiger partial charge on any atom is 0.137 e. The van der Waals surface area contributed by atoms with Crippen LogP contribution in [0.2, 0.25) is 0 Å². The van der Waals surface area contributed by atoms with Crippen molar-refractivity contribution in [3.8, 4) is 0 Å². The van der Waals surface area contributed by atoms with Crippen molar-refractivity contribution in [1.29, 1.82) is 0 Å². The van der Waals surface area contributed by atoms with Crippen LogP contribution in [0.3, 0.4) is 0 Å². The Morgan fingerprint density at radius 2 is 1.90 bits per heavy atom. The molecule has 0 bridgehead atoms. The molecule has 3 aromatic rings. The fourth-order valence-corrected chi connectivity index (χ4v) is 4.95. The first kappa shape index (κ1) is 19.0. The molecule has 30 heavy (non-hydrogen) atoms. The molecule has 0 spiro atoms. The van der Waals surface area contributed by atoms with Gasteiger partial charge in [-0.25, -0.2) is 15.0 Å². The van der Waals surface area contributed by atoms with Crippen molar-refractivity contribution < 1.29 is 10.2 Å². The summed E-state index contributed by atoms with van der Waals surface area (Å²) in [6.07, 6.45) is 2.96. The van der Waals surface area contributed by atoms with Crippen LogP contribution in [0.25, 0.3) is 10.9 Å². The second-order valence-electron chi connectivity index (χ2n) is 8.35. The lowest BCUT2D eigenvalue weighted by Gasteiger charge is -2.28. The SMILES string of the molecule is Nc1ccc2ccc(CC[C@H]3CC(N4CCc5c(N)ncnc54)[C@H](O)[C@@H]3O)cc2n1. The van der Waals surface area contributed by atoms with Crippen LogP contribution in [0.15, 0.2) is 36.7 Å². The highest BCUT2D eigenvalue weighted by Gasteiger charge is 2.45. The molecule has 4 atom stereocenters. The average molecular weight is 406 g/mol. The second kappa shape index (κ2) is 7.37. The highest BCUT2D eigenvalue weighted by atomic mass is 16.3. The number of hydrogen-bond donors (Lipinski definition) is 4. The number of aliphatic hydroxyl groups is 2. The van der Waals surface area contributed by atoms with Crippen molar-refractivity contribution in [2.75, 3.05) is 22.9 Å². The van der Waals surface area contributed by atoms with Crippen LogP contribution in [0, 0.1) is 5.92 Å². The zero-order chi connectivity index (χ0) is 20.8. The van der Waals surface area contributed by atoms with E-state index < -0.39 is 12.2 Å². The van der Waals surface area contributed by atoms with Gasteiger partial charge >= 0.3 is 0 Å². The lowest BCUT2D eigenvalue weighted by atomic mass is 9.95. The number of hydrogen-bond acceptors (Lipinski definition) is 8. The fourth-order valence-electron chi connectivity index (χ4n) is 4.95. The van der Waals surface area contributed by atoms with Crippen LogP contribution < -0.4 is 16.4 Å². The number of aromatic nitrogens is 3. The standard InChI is InChI=1S/C22H26N6O2/c23-18-6-5-13-3-1-12(9-16(13)27-18)2-4-14-10-17(20(30)19(14)29)28-8-7-15-21(24)25-11-26-22(15)28/h1,3,5-6,9,11,14,17,19-20,29-30H,2,4,7-8,10H2,(H2,23,27)(H2,24,25,26)/t14-,17?,19+,20-/m0/s1. The van der Waals surface area contributed by atoms with Gasteiger partial charge in [-0.3, -0.25) is 0 Å². The van der Waals surface area contributed by atoms with E-state index in [4.69, 9.17) is 11.5 Å². The minimum absolute atomic E-state index is 0.0118. The number of benzene rings is 1. The first-order chi connectivity index (χ1) is 14.5. The Bertz CT molecular complexity index is 1090. The Labute approximate surface area is 174 Å². The van der Waals surface area contributed by atoms with Gasteiger partial charge in [0.2, 0.25) is 0 Å². The Hall–Kier alpha value is -2.97. The predicted octanol–water partition coefficient (Wildman–Crippen LogP) is 1.29. The molecule has 0 amide bonds. The maximum atomic E-state index is 10.8. The molecule has 2 aromatic heterocycles. The number of aryl methyl sites for hydroxylation is 1. The molecule has 0 saturated heterocycles. The maximum absolute atomic E-state index is 10.8. The second-order valence-corrected chi connectivity index (χ2v) is 8.35. The van der Waals surface area contributed by atoms with Crippen molar-refractivity contribution in [3.63, 3.8) is 0 Å². The van der Waals surface area contributed by atoms with Crippen LogP contribution in [0.4, 0.5) is 17.5 Å². The number of nitrogens with zero attached hydrogens (tertiary/aromatic N) is 4. The van der Waals surface area contributed by atoms with Gasteiger partial charge in [-0.2, -0.15) is 0 Å². The summed E-state index contributed by atoms with van der Waals surface area (Å²) in [6.45, 7) is 0.733. The van der Waals surface area contributed by atoms with Crippen LogP contribution in [0.5, 0.6) is 0 Å². The van der Waals surface area contributed by atoms with E-state index in [0.717, 1.165) is 53.7 Å². The zero-order valence-corrected chi connectivity index (χ0v) is 16.6. The molecular formula is C22H26N6O2. The number of fused-ring (bicyclic) bond motifs is 2. The molecule has 8 nitrogen and oxygen atoms in total. The quantitative estimate of drug-likeness (QED) is 0.509. The summed E-state index contributed by atoms with van der Waals surface area (Å²) < 4.78 is 0. The molecule has 8 heteroatoms. The first-order valence-electron chi connectivity index (χ1n) is 10.4. The Morgan fingerprint density at radius 3 is 2.77 bits per heavy atom. The van der Waals surface area contributed by atoms with Gasteiger partial charge in [0, 0.05) is 17.5 Å². The van der Waals surface area contributed by atoms with Crippen LogP contribution >= 0.6 is 0 Å². The molecule has 6 N–H and O–H groups in total. The molecule has 1 aliphatic heterocycles. The third-order valence-electron chi connectivity index (χ3n) is 6.58. The summed E-state index contributed by atoms with van der Waals surface area (Å²) in [4.78, 5) is 14.9. The van der Waals surface area contributed by atoms with Crippen molar-refractivity contribution in [3.05, 3.63) is 47.8 Å². The molecule has 1 saturated carbocycles. The van der Waals surface area contributed by atoms with E-state index in [1.54, 1.807) is 6.07 Å². The minimum atomic E-state index is -0.810. The lowest BCUT2D eigenvalue weighted by Crippen LogP contribution is -2.43. The van der Waals surface area contributed by atoms with Crippen LogP contribution in [-0.2, 0) is 12.8 Å². The molecule has 0 radical (unpaired) electrons. The van der Waals surface area contributed by atoms with Crippen LogP contribution in [-0.4, -0.2) is 50.0 Å². The molecule has 1 aromatic carbocycles. The number of rotatable bonds is 4. The van der Waals surface area contributed by atoms with E-state index in [0.29, 0.717) is 18.1 Å². The topological polar surface area (TPSA) is 134 Å². The van der Waals surface area contributed by atoms with Crippen LogP contribution in [0.1, 0.15) is 24.0 Å². The van der Waals surface area contributed by atoms with E-state index in [2.05, 4.69) is 32.0 Å². The van der Waals surface area contributed by atoms with E-state index in [9.17, 15) is 10.2 Å². The summed E-state index contributed by atoms with van der Waals surface area (Å²) >= 11 is 0. The van der Waals surface area contributed by atoms with Crippen molar-refractivity contribution in [1.82, 2.24) is 15.0 Å². The van der Waals surface area contributed by atoms with Gasteiger partial charge in [0.25, 0.3) is 0 Å². The van der Waals surface area contributed by atoms with Gasteiger partial charge in [-0.15, -0.1) is 0 Å². The van der Waals surface area contributed by atoms with Gasteiger partial charge in [-0.1, -0.05) is 12.1 Å². The Kier molecular flexibility index (Phi) is 4.67. The van der Waals surface area contributed by atoms with E-state index >= 15 is 0 Å². The largest absolute Gasteiger partial charge is 0.390 e. The number of nitrogen functional groups attached to an aromatic ring is 2. The third-order valence-corrected chi connectivity index (χ3v) is 6.58. The van der Waals surface area contributed by atoms with E-state index in [1.165, 1.54) is 6.33 Å². The summed E-state index contributed by atoms with van der Waals surface area (Å²) in [5.41, 5.74) is 14.8. The molecule has 3 heterocycles. The van der Waals surface area contributed by atoms with Gasteiger partial charge in [0.15, 0.2) is 0 Å². The third kappa shape index (κ3) is 3.22. The smallest absolute Gasteiger partial charge is 0.137 e. The van der Waals surface area contributed by atoms with Gasteiger partial charge < -0.3 is 26.6 Å². The fraction of sp³-hybridized carbons (Fsp3) is 0.409. The number of anilines is 3. The highest BCUT2D eigenvalue weighted by Crippen LogP contribution is 2.39. The van der Waals surface area contributed by atoms with E-state index in [-0.39, 0.29) is 12.0 Å². The number of aliphatic hydroxyl groups excluding tert-OH is 2. The summed E-state index contributed by atoms with van der Waals surface area (Å²) in [5, 5.41) is 22.5. The molecule has 1 aliphatic carbocycles. The monoisotopic (exact) mass is 406 g/mol. The summed E-state index contributed by atoms with van der Waals surface area (Å²) in [5.74, 6) is 1.81. The van der Waals surface area contributed by atoms with Crippen molar-refractivity contribution in [2.24, 2.45) is 5.92 Å². The predicted molar refractivity (Wildman–Crippen MR) is 116 cm³/mol. The van der Waals surface area contributed by atoms with E-state index in [1.807, 2.05) is 12.1 Å². The summed E-state index contributed by atoms with van der Waals surface area (Å²) in [7, 11) is 0. The molecule has 1 fully saturated rings. The molecule has 5 rings (SSSR count). The lowest BCUT2D eigenvalue weighted by molar-refractivity contribution is 0.0131. The molecule has 1 unspecified atom stereocenters. The van der Waals surface area contributed by atoms with Crippen molar-refractivity contribution >= 4 is 28.4 Å². The average Bonchev–Trinajstić information content (AvgIpc) is 3.29. The van der Waals surface area contributed by atoms with Gasteiger partial charge in [0.1, 0.15) is 29.9 Å². The zero-order valence-electron chi connectivity index (χ0n) is 16.6. The van der Waals surface area contributed by atoms with Crippen molar-refractivity contribution in [2.45, 2.75) is 43.9 Å². The molecule has 2 aliphatic rings. The number of nitrogens with two attached hydrogens (primary N) is 2. The molecule has 156 valence electrons. The van der Waals surface area contributed by atoms with Gasteiger partial charge in [-0.05, 0) is 55.4 Å². The molecular weight excluding hydrogens is 380 g/mol. The summed E-state index contributed by atoms with van der Waals surface area (Å²) in [6, 6.07) is 9.79. The normalized spacial score (nSPS) is 25.7.